The van der Waals surface area contributed by atoms with Crippen LogP contribution in [0.15, 0.2) is 57.7 Å². The Kier molecular flexibility index (Phi) is 3.55. The van der Waals surface area contributed by atoms with E-state index in [1.807, 2.05) is 31.2 Å². The van der Waals surface area contributed by atoms with E-state index in [0.717, 1.165) is 11.3 Å². The molecule has 1 amide bonds. The third-order valence-electron chi connectivity index (χ3n) is 3.69. The second-order valence-electron chi connectivity index (χ2n) is 5.19. The number of nitrogens with one attached hydrogen (secondary N) is 1. The molecule has 0 aliphatic heterocycles. The Labute approximate surface area is 127 Å². The summed E-state index contributed by atoms with van der Waals surface area (Å²) in [6.45, 7) is 3.59. The second-order valence-corrected chi connectivity index (χ2v) is 5.19. The first-order valence-electron chi connectivity index (χ1n) is 7.04. The minimum Gasteiger partial charge on any atom is -0.408 e. The Balaban J connectivity index is 1.94. The fraction of sp³-hybridized carbons (Fsp3) is 0.176. The molecule has 22 heavy (non-hydrogen) atoms. The molecule has 3 aromatic rings. The number of amides is 1. The molecule has 0 saturated heterocycles. The molecule has 0 aliphatic carbocycles. The standard InChI is InChI=1S/C17H16N2O3/c1-11-7-3-4-8-13(11)18-16(20)12(2)19-14-9-5-6-10-15(14)22-17(19)21/h3-10,12H,1-2H3,(H,18,20)/t12-/m1/s1. The van der Waals surface area contributed by atoms with Crippen LogP contribution in [0.1, 0.15) is 18.5 Å². The van der Waals surface area contributed by atoms with Crippen LogP contribution in [0.2, 0.25) is 0 Å². The number of hydrogen-bond acceptors (Lipinski definition) is 3. The number of anilines is 1. The van der Waals surface area contributed by atoms with Gasteiger partial charge in [-0.25, -0.2) is 4.79 Å². The van der Waals surface area contributed by atoms with Gasteiger partial charge in [-0.15, -0.1) is 0 Å². The number of nitrogens with zero attached hydrogens (tertiary/aromatic N) is 1. The highest BCUT2D eigenvalue weighted by Crippen LogP contribution is 2.19. The van der Waals surface area contributed by atoms with Gasteiger partial charge in [0.25, 0.3) is 0 Å². The van der Waals surface area contributed by atoms with Crippen molar-refractivity contribution in [2.45, 2.75) is 19.9 Å². The van der Waals surface area contributed by atoms with E-state index >= 15 is 0 Å². The van der Waals surface area contributed by atoms with Crippen molar-refractivity contribution in [1.29, 1.82) is 0 Å². The van der Waals surface area contributed by atoms with E-state index in [2.05, 4.69) is 5.32 Å². The van der Waals surface area contributed by atoms with Crippen LogP contribution in [-0.4, -0.2) is 10.5 Å². The van der Waals surface area contributed by atoms with Crippen molar-refractivity contribution in [2.75, 3.05) is 5.32 Å². The van der Waals surface area contributed by atoms with E-state index in [1.165, 1.54) is 4.57 Å². The number of hydrogen-bond donors (Lipinski definition) is 1. The van der Waals surface area contributed by atoms with Crippen LogP contribution in [0.4, 0.5) is 5.69 Å². The molecule has 0 unspecified atom stereocenters. The number of carbonyl (C=O) groups is 1. The summed E-state index contributed by atoms with van der Waals surface area (Å²) >= 11 is 0. The molecule has 0 saturated carbocycles. The first-order chi connectivity index (χ1) is 10.6. The molecule has 1 atom stereocenters. The third-order valence-corrected chi connectivity index (χ3v) is 3.69. The van der Waals surface area contributed by atoms with Crippen molar-refractivity contribution in [3.05, 3.63) is 64.6 Å². The van der Waals surface area contributed by atoms with Crippen LogP contribution >= 0.6 is 0 Å². The maximum absolute atomic E-state index is 12.4. The maximum Gasteiger partial charge on any atom is 0.420 e. The quantitative estimate of drug-likeness (QED) is 0.807. The summed E-state index contributed by atoms with van der Waals surface area (Å²) in [5.41, 5.74) is 2.79. The van der Waals surface area contributed by atoms with Crippen LogP contribution in [0.25, 0.3) is 11.1 Å². The largest absolute Gasteiger partial charge is 0.420 e. The van der Waals surface area contributed by atoms with Gasteiger partial charge in [0.1, 0.15) is 6.04 Å². The number of aromatic nitrogens is 1. The lowest BCUT2D eigenvalue weighted by atomic mass is 10.2. The van der Waals surface area contributed by atoms with Gasteiger partial charge >= 0.3 is 5.76 Å². The van der Waals surface area contributed by atoms with Crippen LogP contribution in [0.3, 0.4) is 0 Å². The third kappa shape index (κ3) is 2.41. The highest BCUT2D eigenvalue weighted by molar-refractivity contribution is 5.95. The van der Waals surface area contributed by atoms with Crippen molar-refractivity contribution in [3.8, 4) is 0 Å². The van der Waals surface area contributed by atoms with Gasteiger partial charge in [-0.2, -0.15) is 0 Å². The molecule has 2 aromatic carbocycles. The van der Waals surface area contributed by atoms with E-state index in [0.29, 0.717) is 11.1 Å². The average molecular weight is 296 g/mol. The van der Waals surface area contributed by atoms with Gasteiger partial charge in [0.15, 0.2) is 5.58 Å². The first-order valence-corrected chi connectivity index (χ1v) is 7.04. The van der Waals surface area contributed by atoms with Gasteiger partial charge in [-0.05, 0) is 37.6 Å². The first kappa shape index (κ1) is 14.1. The predicted molar refractivity (Wildman–Crippen MR) is 85.0 cm³/mol. The van der Waals surface area contributed by atoms with Gasteiger partial charge < -0.3 is 9.73 Å². The molecule has 0 bridgehead atoms. The zero-order chi connectivity index (χ0) is 15.7. The van der Waals surface area contributed by atoms with Crippen molar-refractivity contribution in [1.82, 2.24) is 4.57 Å². The van der Waals surface area contributed by atoms with Gasteiger partial charge in [0.05, 0.1) is 5.52 Å². The molecule has 0 aliphatic rings. The molecule has 3 rings (SSSR count). The monoisotopic (exact) mass is 296 g/mol. The Bertz CT molecular complexity index is 892. The predicted octanol–water partition coefficient (Wildman–Crippen LogP) is 3.10. The van der Waals surface area contributed by atoms with Crippen molar-refractivity contribution < 1.29 is 9.21 Å². The van der Waals surface area contributed by atoms with Crippen molar-refractivity contribution in [2.24, 2.45) is 0 Å². The smallest absolute Gasteiger partial charge is 0.408 e. The molecule has 1 heterocycles. The van der Waals surface area contributed by atoms with Crippen molar-refractivity contribution in [3.63, 3.8) is 0 Å². The topological polar surface area (TPSA) is 64.2 Å². The van der Waals surface area contributed by atoms with Crippen LogP contribution in [-0.2, 0) is 4.79 Å². The van der Waals surface area contributed by atoms with Crippen molar-refractivity contribution >= 4 is 22.7 Å². The number of aryl methyl sites for hydroxylation is 1. The minimum absolute atomic E-state index is 0.261. The van der Waals surface area contributed by atoms with Crippen LogP contribution < -0.4 is 11.1 Å². The maximum atomic E-state index is 12.4. The summed E-state index contributed by atoms with van der Waals surface area (Å²) in [6.07, 6.45) is 0. The van der Waals surface area contributed by atoms with E-state index in [-0.39, 0.29) is 5.91 Å². The summed E-state index contributed by atoms with van der Waals surface area (Å²) in [5, 5.41) is 2.85. The molecule has 112 valence electrons. The molecule has 5 nitrogen and oxygen atoms in total. The van der Waals surface area contributed by atoms with E-state index < -0.39 is 11.8 Å². The minimum atomic E-state index is -0.671. The molecular formula is C17H16N2O3. The highest BCUT2D eigenvalue weighted by Gasteiger charge is 2.21. The van der Waals surface area contributed by atoms with Crippen LogP contribution in [0.5, 0.6) is 0 Å². The number of oxazole rings is 1. The fourth-order valence-electron chi connectivity index (χ4n) is 2.42. The summed E-state index contributed by atoms with van der Waals surface area (Å²) in [6, 6.07) is 13.9. The number of fused-ring (bicyclic) bond motifs is 1. The normalized spacial score (nSPS) is 12.3. The SMILES string of the molecule is Cc1ccccc1NC(=O)[C@@H](C)n1c(=O)oc2ccccc21. The number of carbonyl (C=O) groups excluding carboxylic acids is 1. The van der Waals surface area contributed by atoms with Gasteiger partial charge in [-0.3, -0.25) is 9.36 Å². The zero-order valence-electron chi connectivity index (χ0n) is 12.4. The lowest BCUT2D eigenvalue weighted by Crippen LogP contribution is -2.29. The zero-order valence-corrected chi connectivity index (χ0v) is 12.4. The summed E-state index contributed by atoms with van der Waals surface area (Å²) in [5.74, 6) is -0.795. The highest BCUT2D eigenvalue weighted by atomic mass is 16.4. The van der Waals surface area contributed by atoms with E-state index in [4.69, 9.17) is 4.42 Å². The number of rotatable bonds is 3. The Morgan fingerprint density at radius 2 is 1.82 bits per heavy atom. The number of para-hydroxylation sites is 3. The average Bonchev–Trinajstić information content (AvgIpc) is 2.84. The Morgan fingerprint density at radius 3 is 2.59 bits per heavy atom. The fourth-order valence-corrected chi connectivity index (χ4v) is 2.42. The van der Waals surface area contributed by atoms with Crippen LogP contribution in [0, 0.1) is 6.92 Å². The van der Waals surface area contributed by atoms with E-state index in [1.54, 1.807) is 31.2 Å². The van der Waals surface area contributed by atoms with Gasteiger partial charge in [0.2, 0.25) is 5.91 Å². The molecule has 1 aromatic heterocycles. The number of benzene rings is 2. The van der Waals surface area contributed by atoms with E-state index in [9.17, 15) is 9.59 Å². The lowest BCUT2D eigenvalue weighted by Gasteiger charge is -2.14. The Morgan fingerprint density at radius 1 is 1.14 bits per heavy atom. The molecule has 0 spiro atoms. The van der Waals surface area contributed by atoms with Gasteiger partial charge in [0, 0.05) is 5.69 Å². The Hall–Kier alpha value is -2.82. The summed E-state index contributed by atoms with van der Waals surface area (Å²) in [4.78, 5) is 24.5. The molecule has 5 heteroatoms. The molecule has 0 radical (unpaired) electrons. The lowest BCUT2D eigenvalue weighted by molar-refractivity contribution is -0.118. The molecule has 0 fully saturated rings. The molecule has 1 N–H and O–H groups in total. The summed E-state index contributed by atoms with van der Waals surface area (Å²) < 4.78 is 6.54. The summed E-state index contributed by atoms with van der Waals surface area (Å²) in [7, 11) is 0. The molecular weight excluding hydrogens is 280 g/mol. The second kappa shape index (κ2) is 5.52. The van der Waals surface area contributed by atoms with Gasteiger partial charge in [-0.1, -0.05) is 30.3 Å².